The molecule has 8 nitrogen and oxygen atoms in total. The van der Waals surface area contributed by atoms with Crippen LogP contribution in [0.25, 0.3) is 0 Å². The standard InChI is InChI=1S/C52H80O8/c1-29(41-17-19-43-39-15-13-35-25-37(57-31(3)53)21-23-49(35,7)45(39)27-47(51(41,43)9)59-33(5)55)11-12-30(2)42-18-20-44-40-16-14-36-26-38(58-32(4)54)22-24-50(36,8)46(40)28-48(52(42,44)10)60-34(6)56/h11-12,29-30,35-48H,13-28H2,1-10H3/b12-11+/t29?,30?,35-,36-,37-,38-,39+,40+,41-,42-,43+,44+,45+,46+,47+,48+,49+,50+,51-,52-/m1/s1. The summed E-state index contributed by atoms with van der Waals surface area (Å²) in [5.74, 6) is 5.39. The molecular formula is C52H80O8. The lowest BCUT2D eigenvalue weighted by Gasteiger charge is -2.63. The summed E-state index contributed by atoms with van der Waals surface area (Å²) in [7, 11) is 0. The van der Waals surface area contributed by atoms with Crippen LogP contribution in [0.5, 0.6) is 0 Å². The van der Waals surface area contributed by atoms with Crippen LogP contribution in [0.4, 0.5) is 0 Å². The SMILES string of the molecule is CC(=O)O[C@@H]1CC[C@@]2(C)[C@H](CC[C@@H]3[C@@H]2C[C@H](OC(C)=O)[C@]2(C)[C@@H](C(C)/C=C/C(C)[C@H]4CC[C@H]5[C@@H]6CC[C@@H]7C[C@H](OC(C)=O)CC[C@]7(C)[C@H]6C[C@H](OC(C)=O)[C@]45C)CC[C@@H]32)C1. The van der Waals surface area contributed by atoms with E-state index in [9.17, 15) is 19.2 Å². The highest BCUT2D eigenvalue weighted by Crippen LogP contribution is 2.71. The molecule has 8 saturated carbocycles. The maximum absolute atomic E-state index is 12.9. The van der Waals surface area contributed by atoms with E-state index >= 15 is 0 Å². The molecular weight excluding hydrogens is 753 g/mol. The molecule has 0 aromatic heterocycles. The van der Waals surface area contributed by atoms with Gasteiger partial charge in [0, 0.05) is 38.5 Å². The van der Waals surface area contributed by atoms with Gasteiger partial charge in [0.05, 0.1) is 0 Å². The third-order valence-electron chi connectivity index (χ3n) is 20.8. The lowest BCUT2D eigenvalue weighted by molar-refractivity contribution is -0.197. The van der Waals surface area contributed by atoms with Crippen molar-refractivity contribution < 1.29 is 38.1 Å². The van der Waals surface area contributed by atoms with Gasteiger partial charge in [-0.05, 0) is 185 Å². The van der Waals surface area contributed by atoms with Gasteiger partial charge in [0.25, 0.3) is 0 Å². The van der Waals surface area contributed by atoms with Gasteiger partial charge in [-0.1, -0.05) is 53.7 Å². The number of hydrogen-bond acceptors (Lipinski definition) is 8. The van der Waals surface area contributed by atoms with E-state index in [0.29, 0.717) is 71.0 Å². The van der Waals surface area contributed by atoms with Gasteiger partial charge in [-0.3, -0.25) is 19.2 Å². The van der Waals surface area contributed by atoms with Gasteiger partial charge in [-0.25, -0.2) is 0 Å². The van der Waals surface area contributed by atoms with Gasteiger partial charge in [0.15, 0.2) is 0 Å². The minimum Gasteiger partial charge on any atom is -0.463 e. The summed E-state index contributed by atoms with van der Waals surface area (Å²) in [6, 6.07) is 0. The highest BCUT2D eigenvalue weighted by atomic mass is 16.6. The third-order valence-corrected chi connectivity index (χ3v) is 20.8. The normalized spacial score (nSPS) is 49.1. The molecule has 0 aromatic rings. The third kappa shape index (κ3) is 7.31. The topological polar surface area (TPSA) is 105 Å². The molecule has 8 fully saturated rings. The molecule has 20 atom stereocenters. The monoisotopic (exact) mass is 833 g/mol. The fourth-order valence-corrected chi connectivity index (χ4v) is 18.2. The van der Waals surface area contributed by atoms with Crippen molar-refractivity contribution in [1.29, 1.82) is 0 Å². The van der Waals surface area contributed by atoms with Crippen molar-refractivity contribution in [1.82, 2.24) is 0 Å². The Balaban J connectivity index is 0.992. The predicted molar refractivity (Wildman–Crippen MR) is 231 cm³/mol. The largest absolute Gasteiger partial charge is 0.463 e. The van der Waals surface area contributed by atoms with Crippen molar-refractivity contribution in [3.05, 3.63) is 12.2 Å². The summed E-state index contributed by atoms with van der Waals surface area (Å²) in [6.07, 6.45) is 22.4. The first-order valence-corrected chi connectivity index (χ1v) is 24.7. The molecule has 0 aliphatic heterocycles. The molecule has 2 unspecified atom stereocenters. The van der Waals surface area contributed by atoms with E-state index in [2.05, 4.69) is 53.7 Å². The average molecular weight is 833 g/mol. The van der Waals surface area contributed by atoms with Crippen molar-refractivity contribution in [3.63, 3.8) is 0 Å². The number of ether oxygens (including phenoxy) is 4. The van der Waals surface area contributed by atoms with E-state index in [4.69, 9.17) is 18.9 Å². The number of carbonyl (C=O) groups excluding carboxylic acids is 4. The van der Waals surface area contributed by atoms with Gasteiger partial charge < -0.3 is 18.9 Å². The number of allylic oxidation sites excluding steroid dienone is 2. The van der Waals surface area contributed by atoms with E-state index < -0.39 is 0 Å². The first kappa shape index (κ1) is 44.2. The highest BCUT2D eigenvalue weighted by Gasteiger charge is 2.67. The summed E-state index contributed by atoms with van der Waals surface area (Å²) in [5, 5.41) is 0. The summed E-state index contributed by atoms with van der Waals surface area (Å²) >= 11 is 0. The molecule has 8 aliphatic rings. The van der Waals surface area contributed by atoms with Crippen molar-refractivity contribution in [2.75, 3.05) is 0 Å². The second-order valence-electron chi connectivity index (χ2n) is 23.2. The molecule has 0 bridgehead atoms. The van der Waals surface area contributed by atoms with E-state index in [1.165, 1.54) is 65.2 Å². The smallest absolute Gasteiger partial charge is 0.302 e. The van der Waals surface area contributed by atoms with Crippen LogP contribution in [0, 0.1) is 92.7 Å². The van der Waals surface area contributed by atoms with Crippen LogP contribution in [0.15, 0.2) is 12.2 Å². The molecule has 60 heavy (non-hydrogen) atoms. The maximum Gasteiger partial charge on any atom is 0.302 e. The molecule has 0 saturated heterocycles. The molecule has 0 amide bonds. The van der Waals surface area contributed by atoms with Crippen LogP contribution in [0.1, 0.15) is 172 Å². The van der Waals surface area contributed by atoms with Crippen molar-refractivity contribution in [2.24, 2.45) is 92.7 Å². The molecule has 0 aromatic carbocycles. The number of fused-ring (bicyclic) bond motifs is 10. The Morgan fingerprint density at radius 2 is 0.833 bits per heavy atom. The molecule has 0 heterocycles. The number of esters is 4. The van der Waals surface area contributed by atoms with Gasteiger partial charge in [-0.15, -0.1) is 0 Å². The van der Waals surface area contributed by atoms with E-state index in [-0.39, 0.29) is 70.0 Å². The fraction of sp³-hybridized carbons (Fsp3) is 0.885. The van der Waals surface area contributed by atoms with Gasteiger partial charge >= 0.3 is 23.9 Å². The Kier molecular flexibility index (Phi) is 12.0. The van der Waals surface area contributed by atoms with Crippen LogP contribution in [0.2, 0.25) is 0 Å². The first-order chi connectivity index (χ1) is 28.3. The summed E-state index contributed by atoms with van der Waals surface area (Å²) in [6.45, 7) is 21.1. The van der Waals surface area contributed by atoms with E-state index in [1.54, 1.807) is 13.8 Å². The maximum atomic E-state index is 12.9. The Morgan fingerprint density at radius 3 is 1.18 bits per heavy atom. The van der Waals surface area contributed by atoms with Crippen molar-refractivity contribution in [3.8, 4) is 0 Å². The summed E-state index contributed by atoms with van der Waals surface area (Å²) < 4.78 is 24.4. The Labute approximate surface area is 362 Å². The van der Waals surface area contributed by atoms with Crippen molar-refractivity contribution >= 4 is 23.9 Å². The second kappa shape index (κ2) is 16.3. The van der Waals surface area contributed by atoms with Gasteiger partial charge in [-0.2, -0.15) is 0 Å². The highest BCUT2D eigenvalue weighted by molar-refractivity contribution is 5.67. The quantitative estimate of drug-likeness (QED) is 0.135. The van der Waals surface area contributed by atoms with Crippen LogP contribution in [-0.4, -0.2) is 48.3 Å². The zero-order valence-corrected chi connectivity index (χ0v) is 39.0. The lowest BCUT2D eigenvalue weighted by Crippen LogP contribution is -2.59. The molecule has 8 rings (SSSR count). The summed E-state index contributed by atoms with van der Waals surface area (Å²) in [4.78, 5) is 49.5. The number of hydrogen-bond donors (Lipinski definition) is 0. The molecule has 0 radical (unpaired) electrons. The van der Waals surface area contributed by atoms with Crippen LogP contribution >= 0.6 is 0 Å². The fourth-order valence-electron chi connectivity index (χ4n) is 18.2. The molecule has 0 N–H and O–H groups in total. The minimum absolute atomic E-state index is 0.0332. The zero-order valence-electron chi connectivity index (χ0n) is 39.0. The molecule has 8 heteroatoms. The molecule has 8 aliphatic carbocycles. The van der Waals surface area contributed by atoms with Crippen LogP contribution < -0.4 is 0 Å². The van der Waals surface area contributed by atoms with Crippen LogP contribution in [-0.2, 0) is 38.1 Å². The van der Waals surface area contributed by atoms with E-state index in [1.807, 2.05) is 0 Å². The van der Waals surface area contributed by atoms with Gasteiger partial charge in [0.2, 0.25) is 0 Å². The minimum atomic E-state index is -0.167. The Morgan fingerprint density at radius 1 is 0.467 bits per heavy atom. The molecule has 0 spiro atoms. The average Bonchev–Trinajstić information content (AvgIpc) is 3.72. The predicted octanol–water partition coefficient (Wildman–Crippen LogP) is 11.1. The van der Waals surface area contributed by atoms with Gasteiger partial charge in [0.1, 0.15) is 24.4 Å². The van der Waals surface area contributed by atoms with Crippen LogP contribution in [0.3, 0.4) is 0 Å². The molecule has 336 valence electrons. The first-order valence-electron chi connectivity index (χ1n) is 24.7. The van der Waals surface area contributed by atoms with Crippen molar-refractivity contribution in [2.45, 2.75) is 196 Å². The summed E-state index contributed by atoms with van der Waals surface area (Å²) in [5.41, 5.74) is 0.206. The number of carbonyl (C=O) groups is 4. The Hall–Kier alpha value is -2.38. The Bertz CT molecular complexity index is 1570. The lowest BCUT2D eigenvalue weighted by atomic mass is 9.43. The zero-order chi connectivity index (χ0) is 43.1. The van der Waals surface area contributed by atoms with E-state index in [0.717, 1.165) is 51.4 Å². The second-order valence-corrected chi connectivity index (χ2v) is 23.2. The number of rotatable bonds is 8.